The second-order valence-corrected chi connectivity index (χ2v) is 5.04. The Labute approximate surface area is 92.4 Å². The van der Waals surface area contributed by atoms with Gasteiger partial charge in [0.25, 0.3) is 0 Å². The molecule has 5 heteroatoms. The summed E-state index contributed by atoms with van der Waals surface area (Å²) >= 11 is 0. The number of imide groups is 1. The third-order valence-electron chi connectivity index (χ3n) is 4.31. The number of carbonyl (C=O) groups excluding carboxylic acids is 2. The Morgan fingerprint density at radius 2 is 1.69 bits per heavy atom. The van der Waals surface area contributed by atoms with E-state index in [1.54, 1.807) is 0 Å². The van der Waals surface area contributed by atoms with Crippen molar-refractivity contribution in [2.45, 2.75) is 19.3 Å². The van der Waals surface area contributed by atoms with Crippen molar-refractivity contribution in [3.8, 4) is 0 Å². The Morgan fingerprint density at radius 1 is 1.19 bits per heavy atom. The van der Waals surface area contributed by atoms with Crippen LogP contribution >= 0.6 is 0 Å². The Hall–Kier alpha value is -1.39. The fourth-order valence-electron chi connectivity index (χ4n) is 3.76. The predicted octanol–water partition coefficient (Wildman–Crippen LogP) is 0.102. The summed E-state index contributed by atoms with van der Waals surface area (Å²) in [6, 6.07) is 0. The molecule has 16 heavy (non-hydrogen) atoms. The molecule has 1 saturated heterocycles. The lowest BCUT2D eigenvalue weighted by Crippen LogP contribution is -2.37. The molecular weight excluding hydrogens is 210 g/mol. The van der Waals surface area contributed by atoms with Gasteiger partial charge in [-0.05, 0) is 31.1 Å². The van der Waals surface area contributed by atoms with Gasteiger partial charge in [-0.15, -0.1) is 0 Å². The van der Waals surface area contributed by atoms with Crippen LogP contribution in [0.4, 0.5) is 0 Å². The number of nitrogens with zero attached hydrogens (tertiary/aromatic N) is 1. The lowest BCUT2D eigenvalue weighted by Gasteiger charge is -2.19. The number of carbonyl (C=O) groups is 3. The summed E-state index contributed by atoms with van der Waals surface area (Å²) in [6.07, 6.45) is 3.02. The minimum atomic E-state index is -1.12. The summed E-state index contributed by atoms with van der Waals surface area (Å²) in [5.41, 5.74) is 0. The fourth-order valence-corrected chi connectivity index (χ4v) is 3.76. The van der Waals surface area contributed by atoms with Crippen molar-refractivity contribution in [1.29, 1.82) is 0 Å². The second-order valence-electron chi connectivity index (χ2n) is 5.04. The van der Waals surface area contributed by atoms with Gasteiger partial charge in [-0.3, -0.25) is 19.3 Å². The van der Waals surface area contributed by atoms with Crippen LogP contribution in [-0.4, -0.2) is 34.3 Å². The van der Waals surface area contributed by atoms with E-state index in [-0.39, 0.29) is 23.7 Å². The quantitative estimate of drug-likeness (QED) is 0.674. The third kappa shape index (κ3) is 1.08. The van der Waals surface area contributed by atoms with E-state index in [9.17, 15) is 14.4 Å². The molecule has 2 amide bonds. The monoisotopic (exact) mass is 223 g/mol. The van der Waals surface area contributed by atoms with Gasteiger partial charge in [-0.1, -0.05) is 0 Å². The average molecular weight is 223 g/mol. The molecule has 0 aromatic carbocycles. The average Bonchev–Trinajstić information content (AvgIpc) is 2.87. The number of hydrogen-bond acceptors (Lipinski definition) is 3. The molecule has 3 rings (SSSR count). The summed E-state index contributed by atoms with van der Waals surface area (Å²) < 4.78 is 0. The molecule has 2 saturated carbocycles. The van der Waals surface area contributed by atoms with Crippen LogP contribution in [0.15, 0.2) is 0 Å². The lowest BCUT2D eigenvalue weighted by atomic mass is 9.81. The number of aliphatic carboxylic acids is 1. The number of hydrogen-bond donors (Lipinski definition) is 1. The van der Waals surface area contributed by atoms with E-state index in [0.717, 1.165) is 24.2 Å². The molecule has 0 spiro atoms. The Bertz CT molecular complexity index is 363. The number of likely N-dealkylation sites (tertiary alicyclic amines) is 1. The molecule has 1 N–H and O–H groups in total. The van der Waals surface area contributed by atoms with Gasteiger partial charge in [0.15, 0.2) is 0 Å². The zero-order chi connectivity index (χ0) is 11.4. The molecule has 4 atom stereocenters. The van der Waals surface area contributed by atoms with Gasteiger partial charge in [-0.2, -0.15) is 0 Å². The summed E-state index contributed by atoms with van der Waals surface area (Å²) in [5.74, 6) is -1.37. The van der Waals surface area contributed by atoms with Crippen molar-refractivity contribution in [1.82, 2.24) is 4.90 Å². The van der Waals surface area contributed by atoms with Gasteiger partial charge in [0, 0.05) is 0 Å². The predicted molar refractivity (Wildman–Crippen MR) is 52.2 cm³/mol. The number of carboxylic acids is 1. The summed E-state index contributed by atoms with van der Waals surface area (Å²) in [7, 11) is 0. The van der Waals surface area contributed by atoms with Crippen molar-refractivity contribution < 1.29 is 19.5 Å². The second kappa shape index (κ2) is 3.06. The highest BCUT2D eigenvalue weighted by Crippen LogP contribution is 2.55. The Kier molecular flexibility index (Phi) is 1.87. The van der Waals surface area contributed by atoms with Crippen molar-refractivity contribution in [3.05, 3.63) is 0 Å². The highest BCUT2D eigenvalue weighted by Gasteiger charge is 2.60. The van der Waals surface area contributed by atoms with Crippen molar-refractivity contribution in [3.63, 3.8) is 0 Å². The van der Waals surface area contributed by atoms with Crippen LogP contribution in [0.2, 0.25) is 0 Å². The fraction of sp³-hybridized carbons (Fsp3) is 0.727. The third-order valence-corrected chi connectivity index (χ3v) is 4.31. The molecule has 1 aliphatic heterocycles. The molecule has 3 fully saturated rings. The zero-order valence-electron chi connectivity index (χ0n) is 8.76. The van der Waals surface area contributed by atoms with E-state index in [1.165, 1.54) is 0 Å². The molecule has 0 aromatic rings. The van der Waals surface area contributed by atoms with Gasteiger partial charge in [0.05, 0.1) is 11.8 Å². The zero-order valence-corrected chi connectivity index (χ0v) is 8.76. The molecule has 0 aromatic heterocycles. The molecule has 86 valence electrons. The SMILES string of the molecule is O=C(O)CN1C(=O)C2C(C1=O)[C@H]1CC[C@@H]2C1. The van der Waals surface area contributed by atoms with E-state index in [4.69, 9.17) is 5.11 Å². The van der Waals surface area contributed by atoms with E-state index in [0.29, 0.717) is 11.8 Å². The van der Waals surface area contributed by atoms with Crippen molar-refractivity contribution in [2.75, 3.05) is 6.54 Å². The summed E-state index contributed by atoms with van der Waals surface area (Å²) in [6.45, 7) is -0.468. The number of fused-ring (bicyclic) bond motifs is 5. The van der Waals surface area contributed by atoms with Crippen LogP contribution in [0.5, 0.6) is 0 Å². The van der Waals surface area contributed by atoms with Gasteiger partial charge in [-0.25, -0.2) is 0 Å². The molecule has 2 unspecified atom stereocenters. The van der Waals surface area contributed by atoms with Crippen LogP contribution in [0.25, 0.3) is 0 Å². The van der Waals surface area contributed by atoms with E-state index < -0.39 is 12.5 Å². The smallest absolute Gasteiger partial charge is 0.323 e. The highest BCUT2D eigenvalue weighted by atomic mass is 16.4. The van der Waals surface area contributed by atoms with E-state index in [2.05, 4.69) is 0 Å². The van der Waals surface area contributed by atoms with Gasteiger partial charge in [0.2, 0.25) is 11.8 Å². The maximum atomic E-state index is 12.0. The van der Waals surface area contributed by atoms with Crippen LogP contribution in [0, 0.1) is 23.7 Å². The topological polar surface area (TPSA) is 74.7 Å². The molecular formula is C11H13NO4. The van der Waals surface area contributed by atoms with Gasteiger partial charge >= 0.3 is 5.97 Å². The molecule has 2 aliphatic carbocycles. The van der Waals surface area contributed by atoms with Crippen LogP contribution in [0.3, 0.4) is 0 Å². The normalized spacial score (nSPS) is 40.6. The number of amides is 2. The highest BCUT2D eigenvalue weighted by molar-refractivity contribution is 6.07. The molecule has 2 bridgehead atoms. The Morgan fingerprint density at radius 3 is 2.12 bits per heavy atom. The summed E-state index contributed by atoms with van der Waals surface area (Å²) in [4.78, 5) is 35.5. The first-order valence-electron chi connectivity index (χ1n) is 5.66. The number of carboxylic acid groups (broad SMARTS) is 1. The van der Waals surface area contributed by atoms with Crippen LogP contribution in [0.1, 0.15) is 19.3 Å². The number of rotatable bonds is 2. The Balaban J connectivity index is 1.89. The largest absolute Gasteiger partial charge is 0.480 e. The molecule has 1 heterocycles. The molecule has 3 aliphatic rings. The first-order chi connectivity index (χ1) is 7.59. The summed E-state index contributed by atoms with van der Waals surface area (Å²) in [5, 5.41) is 8.67. The minimum absolute atomic E-state index is 0.203. The minimum Gasteiger partial charge on any atom is -0.480 e. The standard InChI is InChI=1S/C11H13NO4/c13-7(14)4-12-10(15)8-5-1-2-6(3-5)9(8)11(12)16/h5-6,8-9H,1-4H2,(H,13,14)/t5-,6+,8?,9?. The first kappa shape index (κ1) is 9.81. The van der Waals surface area contributed by atoms with Gasteiger partial charge in [0.1, 0.15) is 6.54 Å². The maximum absolute atomic E-state index is 12.0. The van der Waals surface area contributed by atoms with Crippen LogP contribution < -0.4 is 0 Å². The van der Waals surface area contributed by atoms with Gasteiger partial charge < -0.3 is 5.11 Å². The van der Waals surface area contributed by atoms with E-state index >= 15 is 0 Å². The molecule has 5 nitrogen and oxygen atoms in total. The molecule has 0 radical (unpaired) electrons. The maximum Gasteiger partial charge on any atom is 0.323 e. The van der Waals surface area contributed by atoms with Crippen molar-refractivity contribution >= 4 is 17.8 Å². The van der Waals surface area contributed by atoms with Crippen molar-refractivity contribution in [2.24, 2.45) is 23.7 Å². The first-order valence-corrected chi connectivity index (χ1v) is 5.66. The van der Waals surface area contributed by atoms with Crippen LogP contribution in [-0.2, 0) is 14.4 Å². The van der Waals surface area contributed by atoms with E-state index in [1.807, 2.05) is 0 Å². The lowest BCUT2D eigenvalue weighted by molar-refractivity contribution is -0.149.